The Kier molecular flexibility index (Phi) is 3.08. The van der Waals surface area contributed by atoms with Gasteiger partial charge in [-0.2, -0.15) is 0 Å². The molecule has 68 valence electrons. The Balaban J connectivity index is 0.000000845. The van der Waals surface area contributed by atoms with Crippen LogP contribution in [0.1, 0.15) is 0 Å². The zero-order valence-electron chi connectivity index (χ0n) is 7.37. The number of nitrogen functional groups attached to an aromatic ring is 1. The van der Waals surface area contributed by atoms with Crippen LogP contribution >= 0.6 is 0 Å². The fourth-order valence-corrected chi connectivity index (χ4v) is 1.32. The number of halogens is 1. The number of nitrogens with zero attached hydrogens (tertiary/aromatic N) is 1. The van der Waals surface area contributed by atoms with Crippen molar-refractivity contribution >= 4 is 16.5 Å². The van der Waals surface area contributed by atoms with Crippen molar-refractivity contribution in [1.29, 1.82) is 0 Å². The van der Waals surface area contributed by atoms with Crippen molar-refractivity contribution in [3.05, 3.63) is 36.7 Å². The topological polar surface area (TPSA) is 29.9 Å². The summed E-state index contributed by atoms with van der Waals surface area (Å²) in [4.78, 5) is 0. The Hall–Kier alpha value is -0.840. The van der Waals surface area contributed by atoms with Crippen LogP contribution in [-0.4, -0.2) is 0 Å². The van der Waals surface area contributed by atoms with Crippen LogP contribution in [0.3, 0.4) is 0 Å². The summed E-state index contributed by atoms with van der Waals surface area (Å²) in [5.41, 5.74) is 6.47. The van der Waals surface area contributed by atoms with E-state index in [4.69, 9.17) is 5.73 Å². The monoisotopic (exact) mass is 286 g/mol. The normalized spacial score (nSPS) is 9.62. The Morgan fingerprint density at radius 2 is 1.92 bits per heavy atom. The minimum Gasteiger partial charge on any atom is -1.00 e. The molecule has 0 saturated heterocycles. The third-order valence-corrected chi connectivity index (χ3v) is 1.94. The third kappa shape index (κ3) is 2.09. The number of aromatic nitrogens is 1. The average Bonchev–Trinajstić information content (AvgIpc) is 2.05. The van der Waals surface area contributed by atoms with Crippen molar-refractivity contribution in [2.24, 2.45) is 7.05 Å². The zero-order chi connectivity index (χ0) is 8.55. The Labute approximate surface area is 94.4 Å². The maximum absolute atomic E-state index is 5.66. The van der Waals surface area contributed by atoms with Crippen molar-refractivity contribution in [2.45, 2.75) is 0 Å². The Bertz CT molecular complexity index is 385. The summed E-state index contributed by atoms with van der Waals surface area (Å²) in [5.74, 6) is 0. The molecule has 0 aliphatic rings. The predicted octanol–water partition coefficient (Wildman–Crippen LogP) is -1.75. The van der Waals surface area contributed by atoms with E-state index in [9.17, 15) is 0 Å². The fraction of sp³-hybridized carbons (Fsp3) is 0.100. The first kappa shape index (κ1) is 10.2. The molecule has 0 aliphatic heterocycles. The summed E-state index contributed by atoms with van der Waals surface area (Å²) in [6.45, 7) is 0. The number of hydrogen-bond donors (Lipinski definition) is 1. The highest BCUT2D eigenvalue weighted by atomic mass is 127. The maximum atomic E-state index is 5.66. The van der Waals surface area contributed by atoms with Gasteiger partial charge < -0.3 is 29.7 Å². The highest BCUT2D eigenvalue weighted by molar-refractivity contribution is 5.83. The molecule has 1 aromatic carbocycles. The Morgan fingerprint density at radius 3 is 2.69 bits per heavy atom. The molecule has 0 unspecified atom stereocenters. The van der Waals surface area contributed by atoms with Gasteiger partial charge in [0.05, 0.1) is 0 Å². The van der Waals surface area contributed by atoms with E-state index in [1.807, 2.05) is 36.0 Å². The Morgan fingerprint density at radius 1 is 1.15 bits per heavy atom. The zero-order valence-corrected chi connectivity index (χ0v) is 9.52. The first-order valence-corrected chi connectivity index (χ1v) is 3.90. The predicted molar refractivity (Wildman–Crippen MR) is 49.5 cm³/mol. The largest absolute Gasteiger partial charge is 1.00 e. The number of pyridine rings is 1. The summed E-state index contributed by atoms with van der Waals surface area (Å²) in [6, 6.07) is 7.99. The molecule has 1 aromatic heterocycles. The SMILES string of the molecule is C[n+]1ccc2cc(N)ccc2c1.[I-]. The highest BCUT2D eigenvalue weighted by Gasteiger charge is 1.97. The first-order valence-electron chi connectivity index (χ1n) is 3.90. The van der Waals surface area contributed by atoms with Crippen LogP contribution in [-0.2, 0) is 7.05 Å². The van der Waals surface area contributed by atoms with Crippen LogP contribution in [0.5, 0.6) is 0 Å². The minimum absolute atomic E-state index is 0. The second-order valence-corrected chi connectivity index (χ2v) is 3.00. The lowest BCUT2D eigenvalue weighted by Gasteiger charge is -1.96. The van der Waals surface area contributed by atoms with Gasteiger partial charge in [-0.3, -0.25) is 0 Å². The molecular formula is C10H11IN2. The van der Waals surface area contributed by atoms with Gasteiger partial charge in [-0.05, 0) is 23.6 Å². The number of hydrogen-bond acceptors (Lipinski definition) is 1. The third-order valence-electron chi connectivity index (χ3n) is 1.94. The quantitative estimate of drug-likeness (QED) is 0.347. The van der Waals surface area contributed by atoms with Gasteiger partial charge in [0.25, 0.3) is 0 Å². The summed E-state index contributed by atoms with van der Waals surface area (Å²) < 4.78 is 2.03. The molecule has 0 bridgehead atoms. The number of anilines is 1. The maximum Gasteiger partial charge on any atom is 0.176 e. The van der Waals surface area contributed by atoms with Crippen molar-refractivity contribution in [3.8, 4) is 0 Å². The second kappa shape index (κ2) is 3.91. The minimum atomic E-state index is 0. The van der Waals surface area contributed by atoms with E-state index < -0.39 is 0 Å². The van der Waals surface area contributed by atoms with Crippen molar-refractivity contribution in [2.75, 3.05) is 5.73 Å². The molecule has 3 heteroatoms. The standard InChI is InChI=1S/C10H10N2.HI/c1-12-5-4-8-6-10(11)3-2-9(8)7-12;/h2-7,11H,1H3;1H. The van der Waals surface area contributed by atoms with Crippen molar-refractivity contribution in [3.63, 3.8) is 0 Å². The van der Waals surface area contributed by atoms with Crippen molar-refractivity contribution in [1.82, 2.24) is 0 Å². The van der Waals surface area contributed by atoms with E-state index in [1.54, 1.807) is 0 Å². The van der Waals surface area contributed by atoms with Crippen LogP contribution < -0.4 is 34.3 Å². The molecule has 13 heavy (non-hydrogen) atoms. The molecular weight excluding hydrogens is 275 g/mol. The van der Waals surface area contributed by atoms with Crippen LogP contribution in [0.4, 0.5) is 5.69 Å². The molecule has 0 atom stereocenters. The number of rotatable bonds is 0. The molecule has 0 amide bonds. The lowest BCUT2D eigenvalue weighted by Crippen LogP contribution is -3.00. The van der Waals surface area contributed by atoms with Gasteiger partial charge in [-0.15, -0.1) is 0 Å². The van der Waals surface area contributed by atoms with Gasteiger partial charge in [-0.25, -0.2) is 4.57 Å². The van der Waals surface area contributed by atoms with Crippen LogP contribution in [0.25, 0.3) is 10.8 Å². The van der Waals surface area contributed by atoms with Gasteiger partial charge in [0, 0.05) is 17.1 Å². The van der Waals surface area contributed by atoms with Crippen molar-refractivity contribution < 1.29 is 28.5 Å². The molecule has 1 heterocycles. The number of fused-ring (bicyclic) bond motifs is 1. The summed E-state index contributed by atoms with van der Waals surface area (Å²) in [6.07, 6.45) is 4.09. The molecule has 0 radical (unpaired) electrons. The van der Waals surface area contributed by atoms with Gasteiger partial charge in [0.15, 0.2) is 12.4 Å². The highest BCUT2D eigenvalue weighted by Crippen LogP contribution is 2.14. The number of nitrogens with two attached hydrogens (primary N) is 1. The van der Waals surface area contributed by atoms with Gasteiger partial charge in [0.2, 0.25) is 0 Å². The van der Waals surface area contributed by atoms with E-state index in [-0.39, 0.29) is 24.0 Å². The molecule has 0 aliphatic carbocycles. The number of aryl methyl sites for hydroxylation is 1. The lowest BCUT2D eigenvalue weighted by molar-refractivity contribution is -0.670. The molecule has 2 rings (SSSR count). The molecule has 0 saturated carbocycles. The van der Waals surface area contributed by atoms with Gasteiger partial charge in [-0.1, -0.05) is 0 Å². The molecule has 0 fully saturated rings. The van der Waals surface area contributed by atoms with E-state index in [1.165, 1.54) is 10.8 Å². The summed E-state index contributed by atoms with van der Waals surface area (Å²) in [5, 5.41) is 2.40. The van der Waals surface area contributed by atoms with Gasteiger partial charge in [0.1, 0.15) is 7.05 Å². The number of benzene rings is 1. The summed E-state index contributed by atoms with van der Waals surface area (Å²) >= 11 is 0. The van der Waals surface area contributed by atoms with E-state index >= 15 is 0 Å². The molecule has 0 spiro atoms. The smallest absolute Gasteiger partial charge is 0.176 e. The molecule has 2 N–H and O–H groups in total. The summed E-state index contributed by atoms with van der Waals surface area (Å²) in [7, 11) is 2.01. The second-order valence-electron chi connectivity index (χ2n) is 3.00. The van der Waals surface area contributed by atoms with Gasteiger partial charge >= 0.3 is 0 Å². The van der Waals surface area contributed by atoms with E-state index in [0.29, 0.717) is 0 Å². The molecule has 2 nitrogen and oxygen atoms in total. The van der Waals surface area contributed by atoms with E-state index in [2.05, 4.69) is 12.3 Å². The lowest BCUT2D eigenvalue weighted by atomic mass is 10.1. The van der Waals surface area contributed by atoms with Crippen LogP contribution in [0.15, 0.2) is 36.7 Å². The molecule has 2 aromatic rings. The van der Waals surface area contributed by atoms with Crippen LogP contribution in [0, 0.1) is 0 Å². The first-order chi connectivity index (χ1) is 5.75. The van der Waals surface area contributed by atoms with E-state index in [0.717, 1.165) is 5.69 Å². The fourth-order valence-electron chi connectivity index (χ4n) is 1.32. The average molecular weight is 286 g/mol. The van der Waals surface area contributed by atoms with Crippen LogP contribution in [0.2, 0.25) is 0 Å².